The van der Waals surface area contributed by atoms with Crippen molar-refractivity contribution >= 4 is 11.7 Å². The minimum Gasteiger partial charge on any atom is -0.369 e. The molecule has 23 heavy (non-hydrogen) atoms. The van der Waals surface area contributed by atoms with Crippen molar-refractivity contribution in [3.63, 3.8) is 0 Å². The number of alkyl halides is 3. The third kappa shape index (κ3) is 3.15. The zero-order valence-electron chi connectivity index (χ0n) is 12.4. The Hall–Kier alpha value is -2.51. The Kier molecular flexibility index (Phi) is 3.75. The van der Waals surface area contributed by atoms with E-state index in [9.17, 15) is 18.0 Å². The minimum absolute atomic E-state index is 0.128. The first-order chi connectivity index (χ1) is 10.8. The maximum atomic E-state index is 12.4. The number of carbonyl (C=O) groups excluding carboxylic acids is 1. The first-order valence-electron chi connectivity index (χ1n) is 7.08. The highest BCUT2D eigenvalue weighted by atomic mass is 19.4. The van der Waals surface area contributed by atoms with Crippen LogP contribution >= 0.6 is 0 Å². The summed E-state index contributed by atoms with van der Waals surface area (Å²) in [7, 11) is 1.13. The number of hydrogen-bond acceptors (Lipinski definition) is 3. The van der Waals surface area contributed by atoms with E-state index in [2.05, 4.69) is 15.3 Å². The van der Waals surface area contributed by atoms with Crippen LogP contribution in [0.5, 0.6) is 0 Å². The Balaban J connectivity index is 1.84. The largest absolute Gasteiger partial charge is 0.406 e. The number of amides is 1. The van der Waals surface area contributed by atoms with Crippen molar-refractivity contribution in [1.29, 1.82) is 0 Å². The summed E-state index contributed by atoms with van der Waals surface area (Å²) in [6.45, 7) is -0.487. The van der Waals surface area contributed by atoms with E-state index < -0.39 is 18.6 Å². The number of aromatic nitrogens is 2. The number of nitrogens with zero attached hydrogens (tertiary/aromatic N) is 2. The fourth-order valence-electron chi connectivity index (χ4n) is 2.69. The molecule has 2 aromatic rings. The number of aromatic amines is 1. The van der Waals surface area contributed by atoms with Crippen LogP contribution in [-0.4, -0.2) is 47.1 Å². The highest BCUT2D eigenvalue weighted by Gasteiger charge is 2.32. The molecule has 0 aromatic carbocycles. The molecule has 0 saturated carbocycles. The van der Waals surface area contributed by atoms with Gasteiger partial charge in [-0.15, -0.1) is 0 Å². The zero-order valence-corrected chi connectivity index (χ0v) is 12.4. The van der Waals surface area contributed by atoms with Crippen molar-refractivity contribution in [2.45, 2.75) is 12.6 Å². The molecule has 1 amide bonds. The summed E-state index contributed by atoms with van der Waals surface area (Å²) in [5, 5.41) is 3.16. The first-order valence-corrected chi connectivity index (χ1v) is 7.08. The van der Waals surface area contributed by atoms with Crippen LogP contribution in [0.25, 0.3) is 11.1 Å². The van der Waals surface area contributed by atoms with Crippen LogP contribution in [0.2, 0.25) is 0 Å². The van der Waals surface area contributed by atoms with Gasteiger partial charge in [-0.1, -0.05) is 0 Å². The Morgan fingerprint density at radius 2 is 2.22 bits per heavy atom. The molecule has 0 fully saturated rings. The van der Waals surface area contributed by atoms with Crippen molar-refractivity contribution in [3.8, 4) is 11.1 Å². The van der Waals surface area contributed by atoms with Gasteiger partial charge in [0.15, 0.2) is 0 Å². The lowest BCUT2D eigenvalue weighted by Gasteiger charge is -2.17. The number of fused-ring (bicyclic) bond motifs is 1. The Morgan fingerprint density at radius 3 is 2.96 bits per heavy atom. The van der Waals surface area contributed by atoms with Crippen LogP contribution in [0.15, 0.2) is 24.5 Å². The first kappa shape index (κ1) is 15.4. The number of hydrogen-bond donors (Lipinski definition) is 2. The summed E-state index contributed by atoms with van der Waals surface area (Å²) in [5.74, 6) is 0.114. The van der Waals surface area contributed by atoms with Crippen molar-refractivity contribution in [3.05, 3.63) is 35.8 Å². The van der Waals surface area contributed by atoms with E-state index in [-0.39, 0.29) is 5.69 Å². The molecule has 1 aliphatic heterocycles. The SMILES string of the molecule is CN(CC(F)(F)F)C(=O)c1cc(-c2ccnc3c2CCN3)c[nH]1. The molecule has 3 rings (SSSR count). The monoisotopic (exact) mass is 324 g/mol. The van der Waals surface area contributed by atoms with Crippen molar-refractivity contribution in [2.24, 2.45) is 0 Å². The smallest absolute Gasteiger partial charge is 0.369 e. The molecule has 1 aliphatic rings. The molecule has 2 N–H and O–H groups in total. The quantitative estimate of drug-likeness (QED) is 0.912. The van der Waals surface area contributed by atoms with E-state index in [4.69, 9.17) is 0 Å². The second-order valence-electron chi connectivity index (χ2n) is 5.44. The van der Waals surface area contributed by atoms with Crippen LogP contribution in [0, 0.1) is 0 Å². The van der Waals surface area contributed by atoms with Gasteiger partial charge in [0.1, 0.15) is 18.1 Å². The van der Waals surface area contributed by atoms with Gasteiger partial charge in [0.05, 0.1) is 0 Å². The van der Waals surface area contributed by atoms with Crippen molar-refractivity contribution in [2.75, 3.05) is 25.5 Å². The predicted octanol–water partition coefficient (Wildman–Crippen LogP) is 2.68. The lowest BCUT2D eigenvalue weighted by atomic mass is 10.0. The van der Waals surface area contributed by atoms with Gasteiger partial charge < -0.3 is 15.2 Å². The maximum absolute atomic E-state index is 12.4. The molecule has 0 aliphatic carbocycles. The third-order valence-corrected chi connectivity index (χ3v) is 3.71. The number of H-pyrrole nitrogens is 1. The standard InChI is InChI=1S/C15H15F3N4O/c1-22(8-15(16,17)18)14(23)12-6-9(7-21-12)10-2-4-19-13-11(10)3-5-20-13/h2,4,6-7,21H,3,5,8H2,1H3,(H,19,20). The fraction of sp³-hybridized carbons (Fsp3) is 0.333. The maximum Gasteiger partial charge on any atom is 0.406 e. The highest BCUT2D eigenvalue weighted by Crippen LogP contribution is 2.31. The predicted molar refractivity (Wildman–Crippen MR) is 79.2 cm³/mol. The molecule has 0 bridgehead atoms. The number of halogens is 3. The summed E-state index contributed by atoms with van der Waals surface area (Å²) >= 11 is 0. The lowest BCUT2D eigenvalue weighted by Crippen LogP contribution is -2.35. The molecule has 0 radical (unpaired) electrons. The van der Waals surface area contributed by atoms with Gasteiger partial charge in [0, 0.05) is 37.1 Å². The number of carbonyl (C=O) groups is 1. The topological polar surface area (TPSA) is 61.0 Å². The fourth-order valence-corrected chi connectivity index (χ4v) is 2.69. The molecular formula is C15H15F3N4O. The van der Waals surface area contributed by atoms with E-state index in [0.717, 1.165) is 42.5 Å². The number of pyridine rings is 1. The van der Waals surface area contributed by atoms with Crippen molar-refractivity contribution < 1.29 is 18.0 Å². The lowest BCUT2D eigenvalue weighted by molar-refractivity contribution is -0.138. The summed E-state index contributed by atoms with van der Waals surface area (Å²) in [5.41, 5.74) is 2.86. The summed E-state index contributed by atoms with van der Waals surface area (Å²) in [4.78, 5) is 19.7. The molecule has 3 heterocycles. The third-order valence-electron chi connectivity index (χ3n) is 3.71. The zero-order chi connectivity index (χ0) is 16.6. The Morgan fingerprint density at radius 1 is 1.43 bits per heavy atom. The molecular weight excluding hydrogens is 309 g/mol. The van der Waals surface area contributed by atoms with Crippen molar-refractivity contribution in [1.82, 2.24) is 14.9 Å². The average Bonchev–Trinajstić information content (AvgIpc) is 3.13. The van der Waals surface area contributed by atoms with Crippen LogP contribution in [0.3, 0.4) is 0 Å². The number of anilines is 1. The minimum atomic E-state index is -4.42. The molecule has 8 heteroatoms. The number of nitrogens with one attached hydrogen (secondary N) is 2. The molecule has 0 atom stereocenters. The van der Waals surface area contributed by atoms with E-state index in [1.54, 1.807) is 18.5 Å². The van der Waals surface area contributed by atoms with Crippen LogP contribution < -0.4 is 5.32 Å². The molecule has 0 spiro atoms. The summed E-state index contributed by atoms with van der Waals surface area (Å²) < 4.78 is 37.2. The van der Waals surface area contributed by atoms with E-state index in [1.165, 1.54) is 0 Å². The second-order valence-corrected chi connectivity index (χ2v) is 5.44. The molecule has 0 unspecified atom stereocenters. The molecule has 5 nitrogen and oxygen atoms in total. The summed E-state index contributed by atoms with van der Waals surface area (Å²) in [6, 6.07) is 3.41. The summed E-state index contributed by atoms with van der Waals surface area (Å²) in [6.07, 6.45) is -0.308. The molecule has 0 saturated heterocycles. The molecule has 2 aromatic heterocycles. The van der Waals surface area contributed by atoms with Crippen LogP contribution in [0.1, 0.15) is 16.1 Å². The normalized spacial score (nSPS) is 13.6. The van der Waals surface area contributed by atoms with Gasteiger partial charge in [-0.3, -0.25) is 4.79 Å². The highest BCUT2D eigenvalue weighted by molar-refractivity contribution is 5.94. The van der Waals surface area contributed by atoms with E-state index in [1.807, 2.05) is 6.07 Å². The van der Waals surface area contributed by atoms with Gasteiger partial charge in [-0.25, -0.2) is 4.98 Å². The van der Waals surface area contributed by atoms with Gasteiger partial charge in [-0.2, -0.15) is 13.2 Å². The average molecular weight is 324 g/mol. The van der Waals surface area contributed by atoms with Gasteiger partial charge in [0.25, 0.3) is 5.91 Å². The second kappa shape index (κ2) is 5.60. The Bertz CT molecular complexity index is 739. The Labute approximate surface area is 130 Å². The van der Waals surface area contributed by atoms with Crippen LogP contribution in [-0.2, 0) is 6.42 Å². The van der Waals surface area contributed by atoms with Gasteiger partial charge in [0.2, 0.25) is 0 Å². The van der Waals surface area contributed by atoms with E-state index in [0.29, 0.717) is 4.90 Å². The van der Waals surface area contributed by atoms with Gasteiger partial charge in [-0.05, 0) is 24.1 Å². The number of rotatable bonds is 3. The van der Waals surface area contributed by atoms with E-state index >= 15 is 0 Å². The van der Waals surface area contributed by atoms with Gasteiger partial charge >= 0.3 is 6.18 Å². The molecule has 122 valence electrons. The van der Waals surface area contributed by atoms with Crippen LogP contribution in [0.4, 0.5) is 19.0 Å².